The zero-order valence-electron chi connectivity index (χ0n) is 10.3. The first-order valence-corrected chi connectivity index (χ1v) is 6.70. The monoisotopic (exact) mass is 253 g/mol. The molecule has 0 aromatic heterocycles. The second kappa shape index (κ2) is 7.35. The van der Waals surface area contributed by atoms with Crippen LogP contribution < -0.4 is 5.32 Å². The van der Waals surface area contributed by atoms with Gasteiger partial charge in [0.1, 0.15) is 0 Å². The Morgan fingerprint density at radius 3 is 2.65 bits per heavy atom. The van der Waals surface area contributed by atoms with E-state index in [2.05, 4.69) is 5.32 Å². The molecule has 0 saturated heterocycles. The third kappa shape index (κ3) is 6.34. The highest BCUT2D eigenvalue weighted by Crippen LogP contribution is 2.17. The second-order valence-electron chi connectivity index (χ2n) is 4.09. The summed E-state index contributed by atoms with van der Waals surface area (Å²) in [5, 5.41) is 11.8. The number of aliphatic hydroxyl groups excluding tert-OH is 1. The maximum atomic E-state index is 11.5. The molecular formula is C13H19NO2S. The first-order chi connectivity index (χ1) is 8.08. The van der Waals surface area contributed by atoms with E-state index in [9.17, 15) is 4.79 Å². The number of amides is 1. The number of carbonyl (C=O) groups excluding carboxylic acids is 1. The molecule has 0 radical (unpaired) electrons. The van der Waals surface area contributed by atoms with Crippen molar-refractivity contribution < 1.29 is 9.90 Å². The van der Waals surface area contributed by atoms with Gasteiger partial charge in [0, 0.05) is 11.4 Å². The van der Waals surface area contributed by atoms with Gasteiger partial charge in [0.25, 0.3) is 0 Å². The average molecular weight is 253 g/mol. The predicted octanol–water partition coefficient (Wildman–Crippen LogP) is 1.97. The Labute approximate surface area is 107 Å². The quantitative estimate of drug-likeness (QED) is 0.762. The van der Waals surface area contributed by atoms with Crippen LogP contribution in [0.25, 0.3) is 0 Å². The van der Waals surface area contributed by atoms with Crippen LogP contribution in [-0.2, 0) is 4.79 Å². The summed E-state index contributed by atoms with van der Waals surface area (Å²) in [6, 6.07) is 8.10. The minimum absolute atomic E-state index is 0.0104. The molecule has 0 aliphatic heterocycles. The fourth-order valence-corrected chi connectivity index (χ4v) is 1.98. The van der Waals surface area contributed by atoms with Crippen molar-refractivity contribution in [3.8, 4) is 0 Å². The smallest absolute Gasteiger partial charge is 0.230 e. The van der Waals surface area contributed by atoms with E-state index in [1.807, 2.05) is 31.2 Å². The lowest BCUT2D eigenvalue weighted by molar-refractivity contribution is -0.118. The van der Waals surface area contributed by atoms with E-state index in [-0.39, 0.29) is 12.0 Å². The molecular weight excluding hydrogens is 234 g/mol. The highest BCUT2D eigenvalue weighted by atomic mass is 32.2. The molecule has 1 rings (SSSR count). The van der Waals surface area contributed by atoms with Gasteiger partial charge in [-0.05, 0) is 32.4 Å². The Kier molecular flexibility index (Phi) is 6.08. The Morgan fingerprint density at radius 1 is 1.41 bits per heavy atom. The number of nitrogens with one attached hydrogen (secondary N) is 1. The van der Waals surface area contributed by atoms with Gasteiger partial charge < -0.3 is 10.4 Å². The Bertz CT molecular complexity index is 349. The summed E-state index contributed by atoms with van der Waals surface area (Å²) in [6.45, 7) is 4.29. The molecule has 0 spiro atoms. The molecule has 0 bridgehead atoms. The molecule has 2 N–H and O–H groups in total. The highest BCUT2D eigenvalue weighted by Gasteiger charge is 2.03. The van der Waals surface area contributed by atoms with Crippen LogP contribution in [0.2, 0.25) is 0 Å². The zero-order chi connectivity index (χ0) is 12.7. The summed E-state index contributed by atoms with van der Waals surface area (Å²) in [6.07, 6.45) is 0.237. The van der Waals surface area contributed by atoms with Crippen molar-refractivity contribution in [3.05, 3.63) is 29.8 Å². The molecule has 0 fully saturated rings. The van der Waals surface area contributed by atoms with Gasteiger partial charge in [-0.1, -0.05) is 17.7 Å². The maximum absolute atomic E-state index is 11.5. The summed E-state index contributed by atoms with van der Waals surface area (Å²) in [5.74, 6) is 0.430. The van der Waals surface area contributed by atoms with Crippen molar-refractivity contribution in [1.29, 1.82) is 0 Å². The Balaban J connectivity index is 2.21. The molecule has 0 aliphatic carbocycles. The number of carbonyl (C=O) groups is 1. The minimum Gasteiger partial charge on any atom is -0.393 e. The molecule has 0 saturated carbocycles. The van der Waals surface area contributed by atoms with Gasteiger partial charge in [-0.25, -0.2) is 0 Å². The van der Waals surface area contributed by atoms with E-state index >= 15 is 0 Å². The van der Waals surface area contributed by atoms with Crippen molar-refractivity contribution in [3.63, 3.8) is 0 Å². The standard InChI is InChI=1S/C13H19NO2S/c1-10-3-5-12(6-4-10)17-9-13(16)14-8-7-11(2)15/h3-6,11,15H,7-9H2,1-2H3,(H,14,16). The first-order valence-electron chi connectivity index (χ1n) is 5.72. The van der Waals surface area contributed by atoms with Gasteiger partial charge in [0.2, 0.25) is 5.91 Å². The number of rotatable bonds is 6. The van der Waals surface area contributed by atoms with Gasteiger partial charge in [-0.2, -0.15) is 0 Å². The van der Waals surface area contributed by atoms with Crippen LogP contribution in [-0.4, -0.2) is 29.4 Å². The van der Waals surface area contributed by atoms with E-state index in [1.165, 1.54) is 17.3 Å². The Hall–Kier alpha value is -1.00. The lowest BCUT2D eigenvalue weighted by atomic mass is 10.2. The van der Waals surface area contributed by atoms with Crippen molar-refractivity contribution >= 4 is 17.7 Å². The number of aryl methyl sites for hydroxylation is 1. The molecule has 0 heterocycles. The lowest BCUT2D eigenvalue weighted by Crippen LogP contribution is -2.27. The topological polar surface area (TPSA) is 49.3 Å². The van der Waals surface area contributed by atoms with Gasteiger partial charge >= 0.3 is 0 Å². The summed E-state index contributed by atoms with van der Waals surface area (Å²) in [5.41, 5.74) is 1.22. The van der Waals surface area contributed by atoms with Crippen molar-refractivity contribution in [2.45, 2.75) is 31.3 Å². The second-order valence-corrected chi connectivity index (χ2v) is 5.14. The number of thioether (sulfide) groups is 1. The summed E-state index contributed by atoms with van der Waals surface area (Å²) >= 11 is 1.52. The molecule has 1 amide bonds. The van der Waals surface area contributed by atoms with Crippen LogP contribution in [0.3, 0.4) is 0 Å². The SMILES string of the molecule is Cc1ccc(SCC(=O)NCCC(C)O)cc1. The lowest BCUT2D eigenvalue weighted by Gasteiger charge is -2.06. The third-order valence-electron chi connectivity index (χ3n) is 2.28. The van der Waals surface area contributed by atoms with Crippen LogP contribution in [0.4, 0.5) is 0 Å². The van der Waals surface area contributed by atoms with Crippen molar-refractivity contribution in [1.82, 2.24) is 5.32 Å². The van der Waals surface area contributed by atoms with Crippen LogP contribution in [0, 0.1) is 6.92 Å². The minimum atomic E-state index is -0.361. The molecule has 1 aromatic rings. The van der Waals surface area contributed by atoms with E-state index in [0.717, 1.165) is 4.90 Å². The number of hydrogen-bond acceptors (Lipinski definition) is 3. The first kappa shape index (κ1) is 14.1. The molecule has 1 aromatic carbocycles. The number of aliphatic hydroxyl groups is 1. The van der Waals surface area contributed by atoms with Crippen molar-refractivity contribution in [2.24, 2.45) is 0 Å². The highest BCUT2D eigenvalue weighted by molar-refractivity contribution is 8.00. The van der Waals surface area contributed by atoms with Crippen LogP contribution in [0.5, 0.6) is 0 Å². The van der Waals surface area contributed by atoms with E-state index in [0.29, 0.717) is 18.7 Å². The van der Waals surface area contributed by atoms with Gasteiger partial charge in [-0.15, -0.1) is 11.8 Å². The van der Waals surface area contributed by atoms with Crippen LogP contribution in [0.15, 0.2) is 29.2 Å². The summed E-state index contributed by atoms with van der Waals surface area (Å²) in [4.78, 5) is 12.5. The van der Waals surface area contributed by atoms with E-state index in [1.54, 1.807) is 6.92 Å². The molecule has 3 nitrogen and oxygen atoms in total. The molecule has 94 valence electrons. The van der Waals surface area contributed by atoms with Crippen LogP contribution in [0.1, 0.15) is 18.9 Å². The van der Waals surface area contributed by atoms with Gasteiger partial charge in [0.15, 0.2) is 0 Å². The molecule has 17 heavy (non-hydrogen) atoms. The largest absolute Gasteiger partial charge is 0.393 e. The number of benzene rings is 1. The zero-order valence-corrected chi connectivity index (χ0v) is 11.1. The predicted molar refractivity (Wildman–Crippen MR) is 71.2 cm³/mol. The molecule has 4 heteroatoms. The Morgan fingerprint density at radius 2 is 2.06 bits per heavy atom. The van der Waals surface area contributed by atoms with E-state index < -0.39 is 0 Å². The van der Waals surface area contributed by atoms with Gasteiger partial charge in [-0.3, -0.25) is 4.79 Å². The third-order valence-corrected chi connectivity index (χ3v) is 3.29. The fourth-order valence-electron chi connectivity index (χ4n) is 1.25. The summed E-state index contributed by atoms with van der Waals surface area (Å²) in [7, 11) is 0. The van der Waals surface area contributed by atoms with Crippen LogP contribution >= 0.6 is 11.8 Å². The molecule has 1 atom stereocenters. The normalized spacial score (nSPS) is 12.2. The number of hydrogen-bond donors (Lipinski definition) is 2. The van der Waals surface area contributed by atoms with Crippen molar-refractivity contribution in [2.75, 3.05) is 12.3 Å². The van der Waals surface area contributed by atoms with Gasteiger partial charge in [0.05, 0.1) is 11.9 Å². The fraction of sp³-hybridized carbons (Fsp3) is 0.462. The maximum Gasteiger partial charge on any atom is 0.230 e. The molecule has 0 aliphatic rings. The average Bonchev–Trinajstić information content (AvgIpc) is 2.28. The molecule has 1 unspecified atom stereocenters. The summed E-state index contributed by atoms with van der Waals surface area (Å²) < 4.78 is 0. The van der Waals surface area contributed by atoms with E-state index in [4.69, 9.17) is 5.11 Å².